The summed E-state index contributed by atoms with van der Waals surface area (Å²) in [6, 6.07) is 0.645. The molecule has 20 heavy (non-hydrogen) atoms. The lowest BCUT2D eigenvalue weighted by atomic mass is 10.0. The molecular weight excluding hydrogens is 268 g/mol. The molecule has 3 N–H and O–H groups in total. The Morgan fingerprint density at radius 1 is 1.55 bits per heavy atom. The summed E-state index contributed by atoms with van der Waals surface area (Å²) in [5, 5.41) is 19.0. The first-order chi connectivity index (χ1) is 9.56. The van der Waals surface area contributed by atoms with Crippen molar-refractivity contribution in [2.75, 3.05) is 13.2 Å². The van der Waals surface area contributed by atoms with Gasteiger partial charge in [0.1, 0.15) is 6.10 Å². The third-order valence-corrected chi connectivity index (χ3v) is 3.25. The fourth-order valence-corrected chi connectivity index (χ4v) is 2.28. The SMILES string of the molecule is CCO[C@H]1O[C@H](CO)[C@H](O)C[C@@H]1n1ccc(=O)[nH]c1=O. The Balaban J connectivity index is 2.31. The van der Waals surface area contributed by atoms with Gasteiger partial charge >= 0.3 is 5.69 Å². The molecule has 1 aromatic heterocycles. The summed E-state index contributed by atoms with van der Waals surface area (Å²) in [6.07, 6.45) is -0.916. The molecule has 0 aromatic carbocycles. The van der Waals surface area contributed by atoms with Gasteiger partial charge in [0.2, 0.25) is 0 Å². The van der Waals surface area contributed by atoms with Crippen LogP contribution in [0, 0.1) is 0 Å². The zero-order chi connectivity index (χ0) is 14.7. The molecule has 0 aliphatic carbocycles. The van der Waals surface area contributed by atoms with E-state index in [2.05, 4.69) is 4.98 Å². The highest BCUT2D eigenvalue weighted by atomic mass is 16.7. The number of nitrogens with one attached hydrogen (secondary N) is 1. The summed E-state index contributed by atoms with van der Waals surface area (Å²) in [5.74, 6) is 0. The lowest BCUT2D eigenvalue weighted by Gasteiger charge is -2.38. The van der Waals surface area contributed by atoms with Gasteiger partial charge in [-0.2, -0.15) is 0 Å². The van der Waals surface area contributed by atoms with Crippen LogP contribution in [-0.2, 0) is 9.47 Å². The predicted molar refractivity (Wildman–Crippen MR) is 68.4 cm³/mol. The molecule has 0 unspecified atom stereocenters. The van der Waals surface area contributed by atoms with E-state index in [9.17, 15) is 14.7 Å². The standard InChI is InChI=1S/C12H18N2O6/c1-2-19-11-7(5-8(16)9(6-15)20-11)14-4-3-10(17)13-12(14)18/h3-4,7-9,11,15-16H,2,5-6H2,1H3,(H,13,17,18)/t7-,8+,9+,11-/m0/s1. The van der Waals surface area contributed by atoms with Crippen molar-refractivity contribution in [3.8, 4) is 0 Å². The van der Waals surface area contributed by atoms with Crippen LogP contribution in [0.25, 0.3) is 0 Å². The van der Waals surface area contributed by atoms with Crippen molar-refractivity contribution in [3.63, 3.8) is 0 Å². The first-order valence-electron chi connectivity index (χ1n) is 6.44. The van der Waals surface area contributed by atoms with Gasteiger partial charge in [0.15, 0.2) is 6.29 Å². The van der Waals surface area contributed by atoms with E-state index in [0.29, 0.717) is 6.61 Å². The quantitative estimate of drug-likeness (QED) is 0.626. The van der Waals surface area contributed by atoms with Crippen molar-refractivity contribution in [1.82, 2.24) is 9.55 Å². The van der Waals surface area contributed by atoms with Gasteiger partial charge in [-0.25, -0.2) is 4.79 Å². The molecule has 1 aliphatic rings. The average molecular weight is 286 g/mol. The number of aliphatic hydroxyl groups excluding tert-OH is 2. The molecule has 0 spiro atoms. The molecule has 0 bridgehead atoms. The highest BCUT2D eigenvalue weighted by molar-refractivity contribution is 4.91. The molecule has 112 valence electrons. The second kappa shape index (κ2) is 6.31. The van der Waals surface area contributed by atoms with Gasteiger partial charge in [-0.05, 0) is 6.92 Å². The zero-order valence-electron chi connectivity index (χ0n) is 11.1. The molecule has 1 fully saturated rings. The van der Waals surface area contributed by atoms with E-state index < -0.39 is 35.8 Å². The summed E-state index contributed by atoms with van der Waals surface area (Å²) in [6.45, 7) is 1.79. The van der Waals surface area contributed by atoms with Crippen LogP contribution in [0.1, 0.15) is 19.4 Å². The summed E-state index contributed by atoms with van der Waals surface area (Å²) < 4.78 is 12.1. The van der Waals surface area contributed by atoms with E-state index >= 15 is 0 Å². The van der Waals surface area contributed by atoms with Crippen LogP contribution >= 0.6 is 0 Å². The molecule has 0 amide bonds. The highest BCUT2D eigenvalue weighted by Gasteiger charge is 2.38. The van der Waals surface area contributed by atoms with E-state index in [-0.39, 0.29) is 13.0 Å². The topological polar surface area (TPSA) is 114 Å². The number of ether oxygens (including phenoxy) is 2. The number of nitrogens with zero attached hydrogens (tertiary/aromatic N) is 1. The molecule has 8 heteroatoms. The van der Waals surface area contributed by atoms with Gasteiger partial charge in [0.25, 0.3) is 5.56 Å². The largest absolute Gasteiger partial charge is 0.394 e. The third-order valence-electron chi connectivity index (χ3n) is 3.25. The minimum absolute atomic E-state index is 0.182. The maximum absolute atomic E-state index is 11.8. The predicted octanol–water partition coefficient (Wildman–Crippen LogP) is -1.42. The second-order valence-electron chi connectivity index (χ2n) is 4.57. The number of rotatable bonds is 4. The number of aromatic amines is 1. The van der Waals surface area contributed by atoms with Gasteiger partial charge in [0, 0.05) is 25.3 Å². The van der Waals surface area contributed by atoms with Gasteiger partial charge in [-0.15, -0.1) is 0 Å². The fourth-order valence-electron chi connectivity index (χ4n) is 2.28. The highest BCUT2D eigenvalue weighted by Crippen LogP contribution is 2.29. The Labute approximate surface area is 114 Å². The summed E-state index contributed by atoms with van der Waals surface area (Å²) in [7, 11) is 0. The Hall–Kier alpha value is -1.48. The van der Waals surface area contributed by atoms with Gasteiger partial charge < -0.3 is 19.7 Å². The maximum Gasteiger partial charge on any atom is 0.328 e. The lowest BCUT2D eigenvalue weighted by Crippen LogP contribution is -2.50. The molecule has 2 rings (SSSR count). The van der Waals surface area contributed by atoms with Crippen LogP contribution in [0.15, 0.2) is 21.9 Å². The lowest BCUT2D eigenvalue weighted by molar-refractivity contribution is -0.249. The number of H-pyrrole nitrogens is 1. The van der Waals surface area contributed by atoms with Crippen LogP contribution in [0.2, 0.25) is 0 Å². The maximum atomic E-state index is 11.8. The van der Waals surface area contributed by atoms with E-state index in [1.54, 1.807) is 6.92 Å². The van der Waals surface area contributed by atoms with Crippen molar-refractivity contribution in [2.24, 2.45) is 0 Å². The Morgan fingerprint density at radius 3 is 2.90 bits per heavy atom. The minimum Gasteiger partial charge on any atom is -0.394 e. The molecule has 2 heterocycles. The van der Waals surface area contributed by atoms with E-state index in [1.807, 2.05) is 0 Å². The molecular formula is C12H18N2O6. The summed E-state index contributed by atoms with van der Waals surface area (Å²) in [4.78, 5) is 25.0. The van der Waals surface area contributed by atoms with E-state index in [4.69, 9.17) is 14.6 Å². The van der Waals surface area contributed by atoms with Crippen LogP contribution < -0.4 is 11.2 Å². The first kappa shape index (κ1) is 14.9. The van der Waals surface area contributed by atoms with Crippen molar-refractivity contribution < 1.29 is 19.7 Å². The van der Waals surface area contributed by atoms with E-state index in [0.717, 1.165) is 0 Å². The van der Waals surface area contributed by atoms with Crippen LogP contribution in [0.3, 0.4) is 0 Å². The summed E-state index contributed by atoms with van der Waals surface area (Å²) in [5.41, 5.74) is -1.09. The molecule has 1 aromatic rings. The second-order valence-corrected chi connectivity index (χ2v) is 4.57. The van der Waals surface area contributed by atoms with Crippen LogP contribution in [0.5, 0.6) is 0 Å². The van der Waals surface area contributed by atoms with Crippen molar-refractivity contribution in [2.45, 2.75) is 37.9 Å². The van der Waals surface area contributed by atoms with Gasteiger partial charge in [-0.1, -0.05) is 0 Å². The van der Waals surface area contributed by atoms with Crippen LogP contribution in [0.4, 0.5) is 0 Å². The molecule has 0 saturated carbocycles. The van der Waals surface area contributed by atoms with Crippen molar-refractivity contribution in [1.29, 1.82) is 0 Å². The Kier molecular flexibility index (Phi) is 4.71. The van der Waals surface area contributed by atoms with Crippen molar-refractivity contribution >= 4 is 0 Å². The average Bonchev–Trinajstić information content (AvgIpc) is 2.41. The molecule has 1 saturated heterocycles. The smallest absolute Gasteiger partial charge is 0.328 e. The van der Waals surface area contributed by atoms with E-state index in [1.165, 1.54) is 16.8 Å². The van der Waals surface area contributed by atoms with Crippen LogP contribution in [-0.4, -0.2) is 51.5 Å². The van der Waals surface area contributed by atoms with Gasteiger partial charge in [0.05, 0.1) is 18.8 Å². The third kappa shape index (κ3) is 2.98. The monoisotopic (exact) mass is 286 g/mol. The number of hydrogen-bond acceptors (Lipinski definition) is 6. The number of aliphatic hydroxyl groups is 2. The fraction of sp³-hybridized carbons (Fsp3) is 0.667. The normalized spacial score (nSPS) is 30.4. The zero-order valence-corrected chi connectivity index (χ0v) is 11.1. The Bertz CT molecular complexity index is 553. The molecule has 4 atom stereocenters. The number of aromatic nitrogens is 2. The first-order valence-corrected chi connectivity index (χ1v) is 6.44. The Morgan fingerprint density at radius 2 is 2.30 bits per heavy atom. The number of hydrogen-bond donors (Lipinski definition) is 3. The molecule has 8 nitrogen and oxygen atoms in total. The molecule has 1 aliphatic heterocycles. The minimum atomic E-state index is -0.916. The van der Waals surface area contributed by atoms with Crippen molar-refractivity contribution in [3.05, 3.63) is 33.1 Å². The van der Waals surface area contributed by atoms with Gasteiger partial charge in [-0.3, -0.25) is 14.3 Å². The molecule has 0 radical (unpaired) electrons. The summed E-state index contributed by atoms with van der Waals surface area (Å²) >= 11 is 0.